The first-order valence-electron chi connectivity index (χ1n) is 3.26. The molecule has 0 aromatic heterocycles. The standard InChI is InChI=1S/C7H12N2O2/c1-6(9-5-8-2)3-4-7(10)11/h5H,1,3-4H2,2H3,(H,8,9)(H,10,11). The zero-order valence-electron chi connectivity index (χ0n) is 6.50. The molecular weight excluding hydrogens is 144 g/mol. The second kappa shape index (κ2) is 5.46. The Morgan fingerprint density at radius 2 is 2.36 bits per heavy atom. The van der Waals surface area contributed by atoms with Gasteiger partial charge in [-0.05, 0) is 6.42 Å². The Balaban J connectivity index is 3.53. The molecule has 0 aliphatic heterocycles. The molecule has 0 radical (unpaired) electrons. The van der Waals surface area contributed by atoms with Crippen molar-refractivity contribution in [1.82, 2.24) is 5.32 Å². The van der Waals surface area contributed by atoms with Crippen LogP contribution in [0.5, 0.6) is 0 Å². The van der Waals surface area contributed by atoms with E-state index in [1.807, 2.05) is 0 Å². The van der Waals surface area contributed by atoms with Gasteiger partial charge in [0.15, 0.2) is 0 Å². The Morgan fingerprint density at radius 1 is 1.73 bits per heavy atom. The smallest absolute Gasteiger partial charge is 0.303 e. The maximum Gasteiger partial charge on any atom is 0.303 e. The van der Waals surface area contributed by atoms with Crippen LogP contribution in [0, 0.1) is 0 Å². The van der Waals surface area contributed by atoms with Gasteiger partial charge < -0.3 is 10.4 Å². The SMILES string of the molecule is C=C(CCC(=O)O)/N=C\NC. The van der Waals surface area contributed by atoms with Gasteiger partial charge in [0.25, 0.3) is 0 Å². The third-order valence-corrected chi connectivity index (χ3v) is 1.00. The number of hydrogen-bond donors (Lipinski definition) is 2. The average molecular weight is 156 g/mol. The van der Waals surface area contributed by atoms with Gasteiger partial charge in [0.05, 0.1) is 12.8 Å². The number of hydrogen-bond acceptors (Lipinski definition) is 2. The number of aliphatic imine (C=N–C) groups is 1. The molecule has 0 aromatic carbocycles. The van der Waals surface area contributed by atoms with Crippen LogP contribution in [0.2, 0.25) is 0 Å². The highest BCUT2D eigenvalue weighted by atomic mass is 16.4. The molecule has 62 valence electrons. The largest absolute Gasteiger partial charge is 0.481 e. The molecular formula is C7H12N2O2. The second-order valence-electron chi connectivity index (χ2n) is 2.01. The van der Waals surface area contributed by atoms with Gasteiger partial charge in [-0.3, -0.25) is 4.79 Å². The highest BCUT2D eigenvalue weighted by molar-refractivity contribution is 5.67. The summed E-state index contributed by atoms with van der Waals surface area (Å²) >= 11 is 0. The number of carbonyl (C=O) groups is 1. The minimum Gasteiger partial charge on any atom is -0.481 e. The highest BCUT2D eigenvalue weighted by Crippen LogP contribution is 2.01. The van der Waals surface area contributed by atoms with E-state index < -0.39 is 5.97 Å². The van der Waals surface area contributed by atoms with Gasteiger partial charge in [-0.15, -0.1) is 0 Å². The van der Waals surface area contributed by atoms with Crippen LogP contribution < -0.4 is 5.32 Å². The highest BCUT2D eigenvalue weighted by Gasteiger charge is 1.96. The van der Waals surface area contributed by atoms with Crippen molar-refractivity contribution >= 4 is 12.3 Å². The zero-order valence-corrected chi connectivity index (χ0v) is 6.50. The zero-order chi connectivity index (χ0) is 8.69. The number of allylic oxidation sites excluding steroid dienone is 1. The van der Waals surface area contributed by atoms with Crippen molar-refractivity contribution < 1.29 is 9.90 Å². The van der Waals surface area contributed by atoms with Gasteiger partial charge in [0.1, 0.15) is 0 Å². The normalized spacial score (nSPS) is 9.91. The van der Waals surface area contributed by atoms with E-state index in [2.05, 4.69) is 16.9 Å². The number of rotatable bonds is 5. The molecule has 0 amide bonds. The van der Waals surface area contributed by atoms with Crippen molar-refractivity contribution in [3.05, 3.63) is 12.3 Å². The fraction of sp³-hybridized carbons (Fsp3) is 0.429. The molecule has 0 unspecified atom stereocenters. The van der Waals surface area contributed by atoms with Crippen molar-refractivity contribution in [2.24, 2.45) is 4.99 Å². The molecule has 0 heterocycles. The Labute approximate surface area is 65.6 Å². The van der Waals surface area contributed by atoms with Crippen LogP contribution in [-0.2, 0) is 4.79 Å². The van der Waals surface area contributed by atoms with E-state index in [0.29, 0.717) is 12.1 Å². The number of carboxylic acids is 1. The summed E-state index contributed by atoms with van der Waals surface area (Å²) in [6.45, 7) is 3.56. The fourth-order valence-corrected chi connectivity index (χ4v) is 0.472. The van der Waals surface area contributed by atoms with Crippen molar-refractivity contribution in [3.8, 4) is 0 Å². The van der Waals surface area contributed by atoms with E-state index in [1.165, 1.54) is 6.34 Å². The van der Waals surface area contributed by atoms with Crippen LogP contribution in [-0.4, -0.2) is 24.5 Å². The van der Waals surface area contributed by atoms with Crippen LogP contribution in [0.3, 0.4) is 0 Å². The van der Waals surface area contributed by atoms with E-state index in [4.69, 9.17) is 5.11 Å². The summed E-state index contributed by atoms with van der Waals surface area (Å²) in [5, 5.41) is 11.0. The molecule has 2 N–H and O–H groups in total. The van der Waals surface area contributed by atoms with Gasteiger partial charge >= 0.3 is 5.97 Å². The Bertz CT molecular complexity index is 175. The Morgan fingerprint density at radius 3 is 2.82 bits per heavy atom. The van der Waals surface area contributed by atoms with E-state index in [9.17, 15) is 4.79 Å². The molecule has 0 saturated carbocycles. The van der Waals surface area contributed by atoms with Crippen molar-refractivity contribution in [2.45, 2.75) is 12.8 Å². The van der Waals surface area contributed by atoms with Crippen LogP contribution in [0.4, 0.5) is 0 Å². The molecule has 0 rings (SSSR count). The van der Waals surface area contributed by atoms with E-state index in [1.54, 1.807) is 7.05 Å². The number of nitrogens with zero attached hydrogens (tertiary/aromatic N) is 1. The van der Waals surface area contributed by atoms with Gasteiger partial charge in [0.2, 0.25) is 0 Å². The molecule has 0 aromatic rings. The predicted octanol–water partition coefficient (Wildman–Crippen LogP) is 0.613. The monoisotopic (exact) mass is 156 g/mol. The first-order valence-corrected chi connectivity index (χ1v) is 3.26. The minimum absolute atomic E-state index is 0.0832. The lowest BCUT2D eigenvalue weighted by Gasteiger charge is -1.94. The first-order chi connectivity index (χ1) is 5.16. The Kier molecular flexibility index (Phi) is 4.81. The average Bonchev–Trinajstić information content (AvgIpc) is 1.97. The van der Waals surface area contributed by atoms with Gasteiger partial charge in [-0.2, -0.15) is 0 Å². The minimum atomic E-state index is -0.828. The third kappa shape index (κ3) is 6.57. The molecule has 0 saturated heterocycles. The molecule has 0 aliphatic rings. The third-order valence-electron chi connectivity index (χ3n) is 1.00. The summed E-state index contributed by atoms with van der Waals surface area (Å²) in [7, 11) is 1.72. The molecule has 11 heavy (non-hydrogen) atoms. The van der Waals surface area contributed by atoms with Gasteiger partial charge in [-0.25, -0.2) is 4.99 Å². The molecule has 4 nitrogen and oxygen atoms in total. The van der Waals surface area contributed by atoms with E-state index >= 15 is 0 Å². The van der Waals surface area contributed by atoms with Gasteiger partial charge in [-0.1, -0.05) is 6.58 Å². The topological polar surface area (TPSA) is 61.7 Å². The van der Waals surface area contributed by atoms with E-state index in [0.717, 1.165) is 0 Å². The van der Waals surface area contributed by atoms with Crippen molar-refractivity contribution in [1.29, 1.82) is 0 Å². The molecule has 0 atom stereocenters. The lowest BCUT2D eigenvalue weighted by Crippen LogP contribution is -2.01. The second-order valence-corrected chi connectivity index (χ2v) is 2.01. The molecule has 0 spiro atoms. The first kappa shape index (κ1) is 9.68. The Hall–Kier alpha value is -1.32. The summed E-state index contributed by atoms with van der Waals surface area (Å²) in [5.74, 6) is -0.828. The fourth-order valence-electron chi connectivity index (χ4n) is 0.472. The number of carboxylic acid groups (broad SMARTS) is 1. The lowest BCUT2D eigenvalue weighted by molar-refractivity contribution is -0.136. The van der Waals surface area contributed by atoms with Crippen molar-refractivity contribution in [2.75, 3.05) is 7.05 Å². The summed E-state index contributed by atoms with van der Waals surface area (Å²) < 4.78 is 0. The number of nitrogens with one attached hydrogen (secondary N) is 1. The summed E-state index contributed by atoms with van der Waals surface area (Å²) in [4.78, 5) is 13.9. The van der Waals surface area contributed by atoms with Crippen molar-refractivity contribution in [3.63, 3.8) is 0 Å². The summed E-state index contributed by atoms with van der Waals surface area (Å²) in [5.41, 5.74) is 0.571. The molecule has 4 heteroatoms. The molecule has 0 fully saturated rings. The van der Waals surface area contributed by atoms with E-state index in [-0.39, 0.29) is 6.42 Å². The molecule has 0 bridgehead atoms. The maximum absolute atomic E-state index is 10.1. The quantitative estimate of drug-likeness (QED) is 0.453. The molecule has 0 aliphatic carbocycles. The summed E-state index contributed by atoms with van der Waals surface area (Å²) in [6.07, 6.45) is 1.96. The van der Waals surface area contributed by atoms with Crippen LogP contribution >= 0.6 is 0 Å². The van der Waals surface area contributed by atoms with Crippen LogP contribution in [0.1, 0.15) is 12.8 Å². The van der Waals surface area contributed by atoms with Crippen LogP contribution in [0.25, 0.3) is 0 Å². The number of aliphatic carboxylic acids is 1. The van der Waals surface area contributed by atoms with Gasteiger partial charge in [0, 0.05) is 12.7 Å². The summed E-state index contributed by atoms with van der Waals surface area (Å²) in [6, 6.07) is 0. The lowest BCUT2D eigenvalue weighted by atomic mass is 10.3. The maximum atomic E-state index is 10.1. The van der Waals surface area contributed by atoms with Crippen LogP contribution in [0.15, 0.2) is 17.3 Å². The predicted molar refractivity (Wildman–Crippen MR) is 43.6 cm³/mol.